The highest BCUT2D eigenvalue weighted by Crippen LogP contribution is 2.36. The van der Waals surface area contributed by atoms with Crippen LogP contribution >= 0.6 is 0 Å². The Morgan fingerprint density at radius 1 is 1.00 bits per heavy atom. The Bertz CT molecular complexity index is 597. The first-order valence-corrected chi connectivity index (χ1v) is 6.44. The molecule has 1 N–H and O–H groups in total. The number of anilines is 1. The summed E-state index contributed by atoms with van der Waals surface area (Å²) in [5.41, 5.74) is 1.24. The van der Waals surface area contributed by atoms with Gasteiger partial charge < -0.3 is 5.32 Å². The van der Waals surface area contributed by atoms with Crippen molar-refractivity contribution in [2.75, 3.05) is 5.32 Å². The molecule has 0 amide bonds. The maximum Gasteiger partial charge on any atom is 0.412 e. The number of hydrogen-bond donors (Lipinski definition) is 1. The van der Waals surface area contributed by atoms with Crippen LogP contribution < -0.4 is 5.32 Å². The second kappa shape index (κ2) is 5.76. The van der Waals surface area contributed by atoms with Crippen molar-refractivity contribution in [2.24, 2.45) is 0 Å². The average Bonchev–Trinajstić information content (AvgIpc) is 2.41. The molecule has 0 aliphatic carbocycles. The molecular formula is C16H15F4N. The van der Waals surface area contributed by atoms with E-state index in [1.54, 1.807) is 19.9 Å². The summed E-state index contributed by atoms with van der Waals surface area (Å²) < 4.78 is 53.3. The lowest BCUT2D eigenvalue weighted by Crippen LogP contribution is -2.28. The van der Waals surface area contributed by atoms with E-state index in [0.717, 1.165) is 6.07 Å². The van der Waals surface area contributed by atoms with Crippen molar-refractivity contribution in [3.05, 3.63) is 65.0 Å². The standard InChI is InChI=1S/C16H15F4N/c1-10-8-13(9-14(17)11(10)2)21-15(16(18,19)20)12-6-4-3-5-7-12/h3-9,15,21H,1-2H3. The average molecular weight is 297 g/mol. The first-order valence-electron chi connectivity index (χ1n) is 6.44. The van der Waals surface area contributed by atoms with Gasteiger partial charge in [0.2, 0.25) is 0 Å². The molecule has 0 fully saturated rings. The molecule has 0 saturated heterocycles. The van der Waals surface area contributed by atoms with Crippen LogP contribution in [0.2, 0.25) is 0 Å². The van der Waals surface area contributed by atoms with Crippen molar-refractivity contribution >= 4 is 5.69 Å². The maximum atomic E-state index is 13.7. The first-order chi connectivity index (χ1) is 9.79. The summed E-state index contributed by atoms with van der Waals surface area (Å²) in [5, 5.41) is 2.38. The second-order valence-electron chi connectivity index (χ2n) is 4.93. The Kier molecular flexibility index (Phi) is 4.21. The van der Waals surface area contributed by atoms with Crippen molar-refractivity contribution in [3.63, 3.8) is 0 Å². The summed E-state index contributed by atoms with van der Waals surface area (Å²) in [6, 6.07) is 8.23. The number of hydrogen-bond acceptors (Lipinski definition) is 1. The number of nitrogens with one attached hydrogen (secondary N) is 1. The predicted molar refractivity (Wildman–Crippen MR) is 74.7 cm³/mol. The molecule has 5 heteroatoms. The fourth-order valence-electron chi connectivity index (χ4n) is 2.07. The Morgan fingerprint density at radius 2 is 1.62 bits per heavy atom. The highest BCUT2D eigenvalue weighted by molar-refractivity contribution is 5.51. The van der Waals surface area contributed by atoms with Crippen LogP contribution in [-0.2, 0) is 0 Å². The molecule has 1 atom stereocenters. The van der Waals surface area contributed by atoms with Crippen LogP contribution in [-0.4, -0.2) is 6.18 Å². The van der Waals surface area contributed by atoms with E-state index in [1.165, 1.54) is 30.3 Å². The van der Waals surface area contributed by atoms with Gasteiger partial charge in [0.05, 0.1) is 0 Å². The van der Waals surface area contributed by atoms with Gasteiger partial charge in [-0.05, 0) is 42.7 Å². The molecule has 2 rings (SSSR count). The molecule has 0 aliphatic rings. The molecule has 0 saturated carbocycles. The zero-order chi connectivity index (χ0) is 15.6. The van der Waals surface area contributed by atoms with Gasteiger partial charge in [0, 0.05) is 5.69 Å². The van der Waals surface area contributed by atoms with E-state index in [0.29, 0.717) is 11.1 Å². The summed E-state index contributed by atoms with van der Waals surface area (Å²) in [6.45, 7) is 3.25. The molecule has 0 aromatic heterocycles. The van der Waals surface area contributed by atoms with Crippen molar-refractivity contribution < 1.29 is 17.6 Å². The number of halogens is 4. The van der Waals surface area contributed by atoms with Crippen LogP contribution in [0.4, 0.5) is 23.2 Å². The molecule has 2 aromatic rings. The summed E-state index contributed by atoms with van der Waals surface area (Å²) in [7, 11) is 0. The monoisotopic (exact) mass is 297 g/mol. The summed E-state index contributed by atoms with van der Waals surface area (Å²) in [6.07, 6.45) is -4.48. The Morgan fingerprint density at radius 3 is 2.14 bits per heavy atom. The summed E-state index contributed by atoms with van der Waals surface area (Å²) >= 11 is 0. The highest BCUT2D eigenvalue weighted by atomic mass is 19.4. The number of rotatable bonds is 3. The molecule has 0 heterocycles. The first kappa shape index (κ1) is 15.4. The fraction of sp³-hybridized carbons (Fsp3) is 0.250. The second-order valence-corrected chi connectivity index (χ2v) is 4.93. The third kappa shape index (κ3) is 3.54. The van der Waals surface area contributed by atoms with Gasteiger partial charge in [0.25, 0.3) is 0 Å². The van der Waals surface area contributed by atoms with E-state index < -0.39 is 18.0 Å². The van der Waals surface area contributed by atoms with E-state index >= 15 is 0 Å². The molecule has 0 spiro atoms. The van der Waals surface area contributed by atoms with Crippen LogP contribution in [0.5, 0.6) is 0 Å². The molecule has 0 radical (unpaired) electrons. The normalized spacial score (nSPS) is 13.0. The highest BCUT2D eigenvalue weighted by Gasteiger charge is 2.40. The van der Waals surface area contributed by atoms with Crippen molar-refractivity contribution in [2.45, 2.75) is 26.1 Å². The third-order valence-electron chi connectivity index (χ3n) is 3.38. The molecule has 0 bridgehead atoms. The largest absolute Gasteiger partial charge is 0.412 e. The van der Waals surface area contributed by atoms with Gasteiger partial charge in [-0.1, -0.05) is 30.3 Å². The van der Waals surface area contributed by atoms with Gasteiger partial charge in [-0.25, -0.2) is 4.39 Å². The zero-order valence-corrected chi connectivity index (χ0v) is 11.6. The van der Waals surface area contributed by atoms with E-state index in [-0.39, 0.29) is 11.3 Å². The Balaban J connectivity index is 2.37. The van der Waals surface area contributed by atoms with Crippen LogP contribution in [0.1, 0.15) is 22.7 Å². The minimum atomic E-state index is -4.48. The molecule has 112 valence electrons. The number of benzene rings is 2. The van der Waals surface area contributed by atoms with Gasteiger partial charge in [-0.15, -0.1) is 0 Å². The molecule has 1 nitrogen and oxygen atoms in total. The summed E-state index contributed by atoms with van der Waals surface area (Å²) in [4.78, 5) is 0. The molecule has 2 aromatic carbocycles. The van der Waals surface area contributed by atoms with Gasteiger partial charge in [0.15, 0.2) is 0 Å². The predicted octanol–water partition coefficient (Wildman–Crippen LogP) is 5.16. The molecule has 0 aliphatic heterocycles. The molecular weight excluding hydrogens is 282 g/mol. The van der Waals surface area contributed by atoms with E-state index in [4.69, 9.17) is 0 Å². The molecule has 21 heavy (non-hydrogen) atoms. The van der Waals surface area contributed by atoms with Gasteiger partial charge >= 0.3 is 6.18 Å². The van der Waals surface area contributed by atoms with Crippen LogP contribution in [0.25, 0.3) is 0 Å². The molecule has 1 unspecified atom stereocenters. The fourth-order valence-corrected chi connectivity index (χ4v) is 2.07. The number of alkyl halides is 3. The van der Waals surface area contributed by atoms with Crippen LogP contribution in [0, 0.1) is 19.7 Å². The van der Waals surface area contributed by atoms with Gasteiger partial charge in [-0.3, -0.25) is 0 Å². The van der Waals surface area contributed by atoms with Crippen molar-refractivity contribution in [1.29, 1.82) is 0 Å². The lowest BCUT2D eigenvalue weighted by Gasteiger charge is -2.23. The lowest BCUT2D eigenvalue weighted by atomic mass is 10.0. The zero-order valence-electron chi connectivity index (χ0n) is 11.6. The van der Waals surface area contributed by atoms with Crippen molar-refractivity contribution in [3.8, 4) is 0 Å². The SMILES string of the molecule is Cc1cc(NC(c2ccccc2)C(F)(F)F)cc(F)c1C. The van der Waals surface area contributed by atoms with E-state index in [2.05, 4.69) is 5.32 Å². The van der Waals surface area contributed by atoms with E-state index in [9.17, 15) is 17.6 Å². The van der Waals surface area contributed by atoms with Crippen LogP contribution in [0.3, 0.4) is 0 Å². The minimum absolute atomic E-state index is 0.0867. The smallest absolute Gasteiger partial charge is 0.370 e. The third-order valence-corrected chi connectivity index (χ3v) is 3.38. The van der Waals surface area contributed by atoms with E-state index in [1.807, 2.05) is 0 Å². The quantitative estimate of drug-likeness (QED) is 0.772. The number of aryl methyl sites for hydroxylation is 1. The lowest BCUT2D eigenvalue weighted by molar-refractivity contribution is -0.144. The summed E-state index contributed by atoms with van der Waals surface area (Å²) in [5.74, 6) is -0.522. The Labute approximate surface area is 120 Å². The van der Waals surface area contributed by atoms with Gasteiger partial charge in [-0.2, -0.15) is 13.2 Å². The minimum Gasteiger partial charge on any atom is -0.370 e. The maximum absolute atomic E-state index is 13.7. The van der Waals surface area contributed by atoms with Crippen LogP contribution in [0.15, 0.2) is 42.5 Å². The Hall–Kier alpha value is -2.04. The topological polar surface area (TPSA) is 12.0 Å². The van der Waals surface area contributed by atoms with Crippen molar-refractivity contribution in [1.82, 2.24) is 0 Å². The van der Waals surface area contributed by atoms with Gasteiger partial charge in [0.1, 0.15) is 11.9 Å².